The number of aromatic nitrogens is 2. The lowest BCUT2D eigenvalue weighted by Gasteiger charge is -2.30. The first-order valence-corrected chi connectivity index (χ1v) is 6.87. The SMILES string of the molecule is CC(C)(C)n1ncc2c1CCN(C(=O)CCCl)C2. The number of halogens is 1. The van der Waals surface area contributed by atoms with Crippen LogP contribution in [-0.2, 0) is 23.3 Å². The third-order valence-corrected chi connectivity index (χ3v) is 3.42. The summed E-state index contributed by atoms with van der Waals surface area (Å²) in [5.74, 6) is 0.530. The van der Waals surface area contributed by atoms with E-state index in [1.54, 1.807) is 0 Å². The van der Waals surface area contributed by atoms with Crippen molar-refractivity contribution in [2.24, 2.45) is 0 Å². The second-order valence-corrected chi connectivity index (χ2v) is 6.08. The van der Waals surface area contributed by atoms with Crippen molar-refractivity contribution in [1.82, 2.24) is 14.7 Å². The number of alkyl halides is 1. The molecule has 0 bridgehead atoms. The Morgan fingerprint density at radius 3 is 2.83 bits per heavy atom. The van der Waals surface area contributed by atoms with Gasteiger partial charge in [-0.05, 0) is 20.8 Å². The van der Waals surface area contributed by atoms with Crippen LogP contribution >= 0.6 is 11.6 Å². The van der Waals surface area contributed by atoms with E-state index in [0.717, 1.165) is 13.0 Å². The molecule has 1 aromatic heterocycles. The minimum Gasteiger partial charge on any atom is -0.338 e. The summed E-state index contributed by atoms with van der Waals surface area (Å²) in [6, 6.07) is 0. The average molecular weight is 270 g/mol. The highest BCUT2D eigenvalue weighted by Crippen LogP contribution is 2.24. The molecule has 1 aliphatic heterocycles. The zero-order chi connectivity index (χ0) is 13.3. The van der Waals surface area contributed by atoms with E-state index in [4.69, 9.17) is 11.6 Å². The van der Waals surface area contributed by atoms with E-state index in [2.05, 4.69) is 30.6 Å². The molecule has 1 aliphatic rings. The van der Waals surface area contributed by atoms with Gasteiger partial charge < -0.3 is 4.90 Å². The molecule has 2 heterocycles. The molecule has 18 heavy (non-hydrogen) atoms. The van der Waals surface area contributed by atoms with Crippen molar-refractivity contribution >= 4 is 17.5 Å². The molecular weight excluding hydrogens is 250 g/mol. The number of carbonyl (C=O) groups is 1. The van der Waals surface area contributed by atoms with Crippen molar-refractivity contribution in [3.8, 4) is 0 Å². The first-order valence-electron chi connectivity index (χ1n) is 6.33. The summed E-state index contributed by atoms with van der Waals surface area (Å²) in [6.45, 7) is 7.87. The van der Waals surface area contributed by atoms with Crippen LogP contribution in [0.4, 0.5) is 0 Å². The van der Waals surface area contributed by atoms with Gasteiger partial charge in [-0.15, -0.1) is 11.6 Å². The van der Waals surface area contributed by atoms with Gasteiger partial charge in [-0.1, -0.05) is 0 Å². The zero-order valence-electron chi connectivity index (χ0n) is 11.2. The molecule has 5 heteroatoms. The van der Waals surface area contributed by atoms with Crippen molar-refractivity contribution in [3.05, 3.63) is 17.5 Å². The number of nitrogens with zero attached hydrogens (tertiary/aromatic N) is 3. The molecule has 1 amide bonds. The minimum atomic E-state index is -0.00407. The number of amides is 1. The summed E-state index contributed by atoms with van der Waals surface area (Å²) < 4.78 is 2.08. The summed E-state index contributed by atoms with van der Waals surface area (Å²) in [5.41, 5.74) is 2.42. The van der Waals surface area contributed by atoms with Gasteiger partial charge in [0.1, 0.15) is 0 Å². The van der Waals surface area contributed by atoms with Crippen LogP contribution in [0.25, 0.3) is 0 Å². The van der Waals surface area contributed by atoms with Gasteiger partial charge in [0.05, 0.1) is 11.7 Å². The molecule has 0 saturated heterocycles. The van der Waals surface area contributed by atoms with Crippen LogP contribution in [0.15, 0.2) is 6.20 Å². The lowest BCUT2D eigenvalue weighted by atomic mass is 10.0. The number of hydrogen-bond acceptors (Lipinski definition) is 2. The average Bonchev–Trinajstić information content (AvgIpc) is 2.71. The Kier molecular flexibility index (Phi) is 3.66. The third kappa shape index (κ3) is 2.53. The second kappa shape index (κ2) is 4.92. The van der Waals surface area contributed by atoms with E-state index in [1.807, 2.05) is 11.1 Å². The van der Waals surface area contributed by atoms with E-state index >= 15 is 0 Å². The van der Waals surface area contributed by atoms with Gasteiger partial charge in [0.2, 0.25) is 5.91 Å². The number of carbonyl (C=O) groups excluding carboxylic acids is 1. The van der Waals surface area contributed by atoms with E-state index in [9.17, 15) is 4.79 Å². The van der Waals surface area contributed by atoms with Crippen molar-refractivity contribution < 1.29 is 4.79 Å². The first kappa shape index (κ1) is 13.4. The topological polar surface area (TPSA) is 38.1 Å². The van der Waals surface area contributed by atoms with E-state index in [0.29, 0.717) is 18.8 Å². The molecular formula is C13H20ClN3O. The van der Waals surface area contributed by atoms with Crippen LogP contribution in [0.5, 0.6) is 0 Å². The molecule has 0 aliphatic carbocycles. The molecule has 0 atom stereocenters. The summed E-state index contributed by atoms with van der Waals surface area (Å²) in [4.78, 5) is 13.7. The molecule has 0 spiro atoms. The third-order valence-electron chi connectivity index (χ3n) is 3.23. The van der Waals surface area contributed by atoms with E-state index < -0.39 is 0 Å². The Labute approximate surface area is 113 Å². The van der Waals surface area contributed by atoms with Gasteiger partial charge >= 0.3 is 0 Å². The number of fused-ring (bicyclic) bond motifs is 1. The fourth-order valence-corrected chi connectivity index (χ4v) is 2.52. The number of hydrogen-bond donors (Lipinski definition) is 0. The molecule has 0 N–H and O–H groups in total. The summed E-state index contributed by atoms with van der Waals surface area (Å²) in [7, 11) is 0. The van der Waals surface area contributed by atoms with Crippen LogP contribution in [0, 0.1) is 0 Å². The van der Waals surface area contributed by atoms with Crippen LogP contribution in [0.2, 0.25) is 0 Å². The van der Waals surface area contributed by atoms with Crippen molar-refractivity contribution in [2.75, 3.05) is 12.4 Å². The molecule has 0 radical (unpaired) electrons. The molecule has 0 unspecified atom stereocenters. The zero-order valence-corrected chi connectivity index (χ0v) is 12.0. The largest absolute Gasteiger partial charge is 0.338 e. The maximum absolute atomic E-state index is 11.8. The normalized spacial score (nSPS) is 15.7. The van der Waals surface area contributed by atoms with Crippen LogP contribution in [0.1, 0.15) is 38.4 Å². The monoisotopic (exact) mass is 269 g/mol. The van der Waals surface area contributed by atoms with Crippen molar-refractivity contribution in [2.45, 2.75) is 45.7 Å². The highest BCUT2D eigenvalue weighted by Gasteiger charge is 2.27. The highest BCUT2D eigenvalue weighted by molar-refractivity contribution is 6.18. The Morgan fingerprint density at radius 1 is 1.50 bits per heavy atom. The Bertz CT molecular complexity index is 448. The predicted octanol–water partition coefficient (Wildman–Crippen LogP) is 2.15. The van der Waals surface area contributed by atoms with Gasteiger partial charge in [-0.25, -0.2) is 0 Å². The van der Waals surface area contributed by atoms with Gasteiger partial charge in [-0.3, -0.25) is 9.48 Å². The smallest absolute Gasteiger partial charge is 0.224 e. The predicted molar refractivity (Wildman–Crippen MR) is 71.7 cm³/mol. The number of rotatable bonds is 2. The van der Waals surface area contributed by atoms with Gasteiger partial charge in [0.15, 0.2) is 0 Å². The van der Waals surface area contributed by atoms with E-state index in [-0.39, 0.29) is 11.4 Å². The molecule has 2 rings (SSSR count). The van der Waals surface area contributed by atoms with Gasteiger partial charge in [-0.2, -0.15) is 5.10 Å². The summed E-state index contributed by atoms with van der Waals surface area (Å²) in [6.07, 6.45) is 3.19. The summed E-state index contributed by atoms with van der Waals surface area (Å²) >= 11 is 5.62. The highest BCUT2D eigenvalue weighted by atomic mass is 35.5. The minimum absolute atomic E-state index is 0.00407. The molecule has 0 saturated carbocycles. The van der Waals surface area contributed by atoms with E-state index in [1.165, 1.54) is 11.3 Å². The molecule has 4 nitrogen and oxygen atoms in total. The molecule has 0 aromatic carbocycles. The second-order valence-electron chi connectivity index (χ2n) is 5.70. The van der Waals surface area contributed by atoms with Crippen molar-refractivity contribution in [1.29, 1.82) is 0 Å². The Balaban J connectivity index is 2.17. The maximum Gasteiger partial charge on any atom is 0.224 e. The Morgan fingerprint density at radius 2 is 2.22 bits per heavy atom. The molecule has 100 valence electrons. The fraction of sp³-hybridized carbons (Fsp3) is 0.692. The quantitative estimate of drug-likeness (QED) is 0.772. The van der Waals surface area contributed by atoms with Gasteiger partial charge in [0, 0.05) is 43.1 Å². The standard InChI is InChI=1S/C13H20ClN3O/c1-13(2,3)17-11-5-7-16(12(18)4-6-14)9-10(11)8-15-17/h8H,4-7,9H2,1-3H3. The van der Waals surface area contributed by atoms with Crippen LogP contribution in [0.3, 0.4) is 0 Å². The van der Waals surface area contributed by atoms with Gasteiger partial charge in [0.25, 0.3) is 0 Å². The maximum atomic E-state index is 11.8. The van der Waals surface area contributed by atoms with Crippen molar-refractivity contribution in [3.63, 3.8) is 0 Å². The Hall–Kier alpha value is -1.03. The molecule has 0 fully saturated rings. The fourth-order valence-electron chi connectivity index (χ4n) is 2.36. The van der Waals surface area contributed by atoms with Crippen LogP contribution < -0.4 is 0 Å². The lowest BCUT2D eigenvalue weighted by Crippen LogP contribution is -2.37. The molecule has 1 aromatic rings. The summed E-state index contributed by atoms with van der Waals surface area (Å²) in [5, 5.41) is 4.46. The first-order chi connectivity index (χ1) is 8.43. The lowest BCUT2D eigenvalue weighted by molar-refractivity contribution is -0.131. The van der Waals surface area contributed by atoms with Crippen LogP contribution in [-0.4, -0.2) is 33.0 Å².